The summed E-state index contributed by atoms with van der Waals surface area (Å²) < 4.78 is 31.4. The van der Waals surface area contributed by atoms with E-state index in [1.165, 1.54) is 31.9 Å². The zero-order valence-electron chi connectivity index (χ0n) is 54.3. The molecule has 2 aromatic carbocycles. The first-order valence-corrected chi connectivity index (χ1v) is 49.8. The molecule has 2 aliphatic carbocycles. The molecule has 0 N–H and O–H groups in total. The SMILES string of the molecule is C#CCC(CC#C[Si](C)(C)C)(C(=O)OCC)C(=O)OCC.C#C[Si](C)(C)C.CCOC(=O)C1(C(=O)OCC)Cc2cc([Si](C)(C)C)cc([Si](C)(C)C)c2C1.CCOC(=O)C1(C(=O)OCC)Cc2ccc([Si](C)(C)C)c([Si](C)(C)C)c2C1. The second kappa shape index (κ2) is 30.2. The number of carbonyl (C=O) groups is 6. The molecule has 0 saturated heterocycles. The third kappa shape index (κ3) is 20.2. The van der Waals surface area contributed by atoms with Gasteiger partial charge in [-0.2, -0.15) is 0 Å². The topological polar surface area (TPSA) is 158 Å². The number of terminal acetylenes is 2. The van der Waals surface area contributed by atoms with Gasteiger partial charge in [-0.1, -0.05) is 163 Å². The number of fused-ring (bicyclic) bond motifs is 2. The van der Waals surface area contributed by atoms with E-state index in [9.17, 15) is 28.8 Å². The van der Waals surface area contributed by atoms with Crippen molar-refractivity contribution in [3.8, 4) is 35.8 Å². The lowest BCUT2D eigenvalue weighted by Gasteiger charge is -2.31. The van der Waals surface area contributed by atoms with Crippen molar-refractivity contribution >= 4 is 105 Å². The van der Waals surface area contributed by atoms with E-state index >= 15 is 0 Å². The highest BCUT2D eigenvalue weighted by Crippen LogP contribution is 2.41. The van der Waals surface area contributed by atoms with Crippen LogP contribution in [-0.2, 0) is 82.9 Å². The summed E-state index contributed by atoms with van der Waals surface area (Å²) in [4.78, 5) is 76.1. The van der Waals surface area contributed by atoms with Crippen molar-refractivity contribution < 1.29 is 57.2 Å². The summed E-state index contributed by atoms with van der Waals surface area (Å²) in [5.74, 6) is 2.21. The van der Waals surface area contributed by atoms with Crippen molar-refractivity contribution in [3.63, 3.8) is 0 Å². The van der Waals surface area contributed by atoms with Crippen LogP contribution in [0.4, 0.5) is 0 Å². The molecule has 0 unspecified atom stereocenters. The zero-order chi connectivity index (χ0) is 63.0. The van der Waals surface area contributed by atoms with Gasteiger partial charge in [-0.15, -0.1) is 35.8 Å². The minimum atomic E-state index is -1.68. The normalized spacial score (nSPS) is 14.2. The highest BCUT2D eigenvalue weighted by Gasteiger charge is 2.56. The number of esters is 6. The quantitative estimate of drug-likeness (QED) is 0.0458. The van der Waals surface area contributed by atoms with E-state index in [1.54, 1.807) is 41.5 Å². The summed E-state index contributed by atoms with van der Waals surface area (Å²) in [6.45, 7) is 52.6. The van der Waals surface area contributed by atoms with Crippen LogP contribution in [0, 0.1) is 52.0 Å². The van der Waals surface area contributed by atoms with Crippen molar-refractivity contribution in [2.24, 2.45) is 16.2 Å². The van der Waals surface area contributed by atoms with Gasteiger partial charge in [0.1, 0.15) is 16.1 Å². The van der Waals surface area contributed by atoms with Crippen LogP contribution < -0.4 is 20.7 Å². The largest absolute Gasteiger partial charge is 0.465 e. The van der Waals surface area contributed by atoms with Crippen molar-refractivity contribution in [1.29, 1.82) is 0 Å². The van der Waals surface area contributed by atoms with Gasteiger partial charge < -0.3 is 28.4 Å². The summed E-state index contributed by atoms with van der Waals surface area (Å²) in [6, 6.07) is 8.99. The molecule has 0 spiro atoms. The molecule has 81 heavy (non-hydrogen) atoms. The molecule has 0 atom stereocenters. The standard InChI is InChI=1S/2C21H34O4Si2.C16H24O4Si.C5H10Si/c1-9-24-19(22)21(20(23)25-10-2)13-15-11-16(26(3,4)5)12-18(17(15)14-21)27(6,7)8;1-9-24-19(22)21(20(23)25-10-2)13-15-11-12-17(26(3,4)5)18(16(15)14-21)27(6,7)8;1-7-11-16(14(17)19-8-2,15(18)20-9-3)12-10-13-21(4,5)6;1-5-6(2,3)4/h2*11-12H,9-10,13-14H2,1-8H3;1H,8-9,11-12H2,2-6H3;1H,2-4H3. The molecular weight excluding hydrogens is 1120 g/mol. The Balaban J connectivity index is 0.000000582. The molecule has 0 aromatic heterocycles. The van der Waals surface area contributed by atoms with Crippen LogP contribution in [0.3, 0.4) is 0 Å². The van der Waals surface area contributed by atoms with Crippen LogP contribution in [0.1, 0.15) is 76.6 Å². The van der Waals surface area contributed by atoms with Gasteiger partial charge in [-0.05, 0) is 89.5 Å². The first-order valence-electron chi connectivity index (χ1n) is 28.8. The zero-order valence-corrected chi connectivity index (χ0v) is 60.3. The molecular formula is C63H102O12Si6. The van der Waals surface area contributed by atoms with Crippen LogP contribution in [0.2, 0.25) is 118 Å². The van der Waals surface area contributed by atoms with Gasteiger partial charge in [-0.25, -0.2) is 0 Å². The van der Waals surface area contributed by atoms with E-state index in [-0.39, 0.29) is 52.5 Å². The van der Waals surface area contributed by atoms with E-state index < -0.39 is 101 Å². The Labute approximate surface area is 495 Å². The fourth-order valence-corrected chi connectivity index (χ4v) is 19.0. The van der Waals surface area contributed by atoms with Gasteiger partial charge in [-0.3, -0.25) is 28.8 Å². The summed E-state index contributed by atoms with van der Waals surface area (Å²) >= 11 is 0. The molecule has 2 aromatic rings. The minimum absolute atomic E-state index is 0.0269. The molecule has 0 saturated carbocycles. The molecule has 12 nitrogen and oxygen atoms in total. The molecule has 450 valence electrons. The summed E-state index contributed by atoms with van der Waals surface area (Å²) in [7, 11) is -9.13. The average molecular weight is 1220 g/mol. The second-order valence-corrected chi connectivity index (χ2v) is 56.8. The molecule has 18 heteroatoms. The Hall–Kier alpha value is -4.76. The van der Waals surface area contributed by atoms with Crippen LogP contribution in [-0.4, -0.2) is 124 Å². The van der Waals surface area contributed by atoms with Crippen LogP contribution in [0.15, 0.2) is 24.3 Å². The third-order valence-electron chi connectivity index (χ3n) is 13.6. The fraction of sp³-hybridized carbons (Fsp3) is 0.619. The number of hydrogen-bond acceptors (Lipinski definition) is 12. The lowest BCUT2D eigenvalue weighted by molar-refractivity contribution is -0.173. The van der Waals surface area contributed by atoms with E-state index in [2.05, 4.69) is 165 Å². The Kier molecular flexibility index (Phi) is 27.7. The maximum absolute atomic E-state index is 12.9. The third-order valence-corrected chi connectivity index (χ3v) is 23.8. The minimum Gasteiger partial charge on any atom is -0.465 e. The summed E-state index contributed by atoms with van der Waals surface area (Å²) in [5.41, 5.74) is 6.51. The highest BCUT2D eigenvalue weighted by atomic mass is 28.3. The van der Waals surface area contributed by atoms with Gasteiger partial charge in [0.05, 0.1) is 71.9 Å². The van der Waals surface area contributed by atoms with Gasteiger partial charge in [0.25, 0.3) is 0 Å². The lowest BCUT2D eigenvalue weighted by atomic mass is 9.81. The molecule has 0 heterocycles. The molecule has 0 aliphatic heterocycles. The summed E-state index contributed by atoms with van der Waals surface area (Å²) in [6.07, 6.45) is 12.0. The predicted octanol–water partition coefficient (Wildman–Crippen LogP) is 9.87. The molecule has 0 bridgehead atoms. The van der Waals surface area contributed by atoms with E-state index in [0.29, 0.717) is 25.7 Å². The van der Waals surface area contributed by atoms with Crippen LogP contribution >= 0.6 is 0 Å². The maximum Gasteiger partial charge on any atom is 0.325 e. The molecule has 0 fully saturated rings. The highest BCUT2D eigenvalue weighted by molar-refractivity contribution is 6.99. The van der Waals surface area contributed by atoms with Gasteiger partial charge in [0.15, 0.2) is 16.2 Å². The molecule has 0 amide bonds. The van der Waals surface area contributed by atoms with Gasteiger partial charge in [0, 0.05) is 12.8 Å². The molecule has 2 aliphatic rings. The lowest BCUT2D eigenvalue weighted by Crippen LogP contribution is -2.58. The monoisotopic (exact) mass is 1220 g/mol. The Morgan fingerprint density at radius 2 is 0.852 bits per heavy atom. The number of carbonyl (C=O) groups excluding carboxylic acids is 6. The Morgan fingerprint density at radius 1 is 0.469 bits per heavy atom. The smallest absolute Gasteiger partial charge is 0.325 e. The number of rotatable bonds is 18. The second-order valence-electron chi connectivity index (χ2n) is 27.1. The van der Waals surface area contributed by atoms with Gasteiger partial charge in [0.2, 0.25) is 0 Å². The fourth-order valence-electron chi connectivity index (χ4n) is 9.55. The van der Waals surface area contributed by atoms with Crippen LogP contribution in [0.25, 0.3) is 0 Å². The maximum atomic E-state index is 12.9. The number of benzene rings is 2. The first-order chi connectivity index (χ1) is 37.0. The van der Waals surface area contributed by atoms with Crippen molar-refractivity contribution in [2.45, 2.75) is 198 Å². The number of ether oxygens (including phenoxy) is 6. The Bertz CT molecular complexity index is 2610. The van der Waals surface area contributed by atoms with Crippen LogP contribution in [0.5, 0.6) is 0 Å². The van der Waals surface area contributed by atoms with Crippen molar-refractivity contribution in [2.75, 3.05) is 39.6 Å². The molecule has 4 rings (SSSR count). The average Bonchev–Trinajstić information content (AvgIpc) is 4.13. The van der Waals surface area contributed by atoms with E-state index in [1.807, 2.05) is 0 Å². The van der Waals surface area contributed by atoms with E-state index in [0.717, 1.165) is 11.1 Å². The summed E-state index contributed by atoms with van der Waals surface area (Å²) in [5, 5.41) is 5.66. The van der Waals surface area contributed by atoms with Crippen molar-refractivity contribution in [3.05, 3.63) is 46.5 Å². The van der Waals surface area contributed by atoms with E-state index in [4.69, 9.17) is 41.3 Å². The number of hydrogen-bond donors (Lipinski definition) is 0. The first kappa shape index (κ1) is 74.3. The van der Waals surface area contributed by atoms with Crippen molar-refractivity contribution in [1.82, 2.24) is 0 Å². The Morgan fingerprint density at radius 3 is 1.17 bits per heavy atom. The van der Waals surface area contributed by atoms with Gasteiger partial charge >= 0.3 is 35.8 Å². The molecule has 0 radical (unpaired) electrons. The predicted molar refractivity (Wildman–Crippen MR) is 348 cm³/mol.